The molecule has 0 aromatic heterocycles. The second-order valence-corrected chi connectivity index (χ2v) is 5.01. The molecular formula is C13H18BrNO2. The van der Waals surface area contributed by atoms with E-state index in [1.807, 2.05) is 6.07 Å². The molecule has 4 heteroatoms. The van der Waals surface area contributed by atoms with Crippen molar-refractivity contribution in [3.05, 3.63) is 33.8 Å². The number of nitrogens with two attached hydrogens (primary N) is 1. The first-order valence-electron chi connectivity index (χ1n) is 5.63. The molecule has 1 aromatic carbocycles. The smallest absolute Gasteiger partial charge is 0.322 e. The molecular weight excluding hydrogens is 282 g/mol. The third kappa shape index (κ3) is 4.48. The zero-order chi connectivity index (χ0) is 12.8. The molecule has 0 aliphatic heterocycles. The molecule has 1 aromatic rings. The van der Waals surface area contributed by atoms with Crippen LogP contribution in [0.25, 0.3) is 0 Å². The van der Waals surface area contributed by atoms with Gasteiger partial charge in [0.05, 0.1) is 7.11 Å². The van der Waals surface area contributed by atoms with Crippen molar-refractivity contribution in [2.45, 2.75) is 32.2 Å². The van der Waals surface area contributed by atoms with Crippen LogP contribution in [0.5, 0.6) is 0 Å². The lowest BCUT2D eigenvalue weighted by Crippen LogP contribution is -2.31. The van der Waals surface area contributed by atoms with E-state index in [9.17, 15) is 4.79 Å². The highest BCUT2D eigenvalue weighted by Crippen LogP contribution is 2.18. The summed E-state index contributed by atoms with van der Waals surface area (Å²) in [6, 6.07) is 5.71. The monoisotopic (exact) mass is 299 g/mol. The Morgan fingerprint density at radius 2 is 2.24 bits per heavy atom. The quantitative estimate of drug-likeness (QED) is 0.850. The van der Waals surface area contributed by atoms with Crippen molar-refractivity contribution in [1.29, 1.82) is 0 Å². The third-order valence-corrected chi connectivity index (χ3v) is 3.27. The van der Waals surface area contributed by atoms with Crippen LogP contribution in [-0.2, 0) is 16.0 Å². The number of rotatable bonds is 5. The molecule has 0 bridgehead atoms. The maximum atomic E-state index is 11.1. The Morgan fingerprint density at radius 1 is 1.53 bits per heavy atom. The molecule has 1 rings (SSSR count). The van der Waals surface area contributed by atoms with E-state index in [0.29, 0.717) is 6.42 Å². The van der Waals surface area contributed by atoms with Crippen molar-refractivity contribution in [2.24, 2.45) is 5.73 Å². The number of esters is 1. The van der Waals surface area contributed by atoms with E-state index in [4.69, 9.17) is 5.73 Å². The van der Waals surface area contributed by atoms with Gasteiger partial charge in [-0.3, -0.25) is 4.79 Å². The van der Waals surface area contributed by atoms with E-state index < -0.39 is 6.04 Å². The van der Waals surface area contributed by atoms with Gasteiger partial charge in [-0.05, 0) is 49.4 Å². The van der Waals surface area contributed by atoms with Gasteiger partial charge in [-0.1, -0.05) is 22.0 Å². The van der Waals surface area contributed by atoms with Gasteiger partial charge in [0, 0.05) is 4.47 Å². The highest BCUT2D eigenvalue weighted by Gasteiger charge is 2.12. The molecule has 0 aliphatic rings. The van der Waals surface area contributed by atoms with Crippen LogP contribution in [0.1, 0.15) is 24.0 Å². The average molecular weight is 300 g/mol. The van der Waals surface area contributed by atoms with Gasteiger partial charge >= 0.3 is 5.97 Å². The summed E-state index contributed by atoms with van der Waals surface area (Å²) >= 11 is 3.45. The van der Waals surface area contributed by atoms with E-state index in [1.165, 1.54) is 18.2 Å². The molecule has 0 aliphatic carbocycles. The number of hydrogen-bond donors (Lipinski definition) is 1. The predicted molar refractivity (Wildman–Crippen MR) is 71.8 cm³/mol. The molecule has 1 unspecified atom stereocenters. The van der Waals surface area contributed by atoms with Crippen LogP contribution in [0.2, 0.25) is 0 Å². The molecule has 0 saturated heterocycles. The Kier molecular flexibility index (Phi) is 5.65. The van der Waals surface area contributed by atoms with Gasteiger partial charge in [0.25, 0.3) is 0 Å². The first-order chi connectivity index (χ1) is 8.04. The van der Waals surface area contributed by atoms with Gasteiger partial charge in [0.2, 0.25) is 0 Å². The molecule has 17 heavy (non-hydrogen) atoms. The van der Waals surface area contributed by atoms with Crippen molar-refractivity contribution < 1.29 is 9.53 Å². The summed E-state index contributed by atoms with van der Waals surface area (Å²) < 4.78 is 5.67. The fraction of sp³-hybridized carbons (Fsp3) is 0.462. The molecule has 0 heterocycles. The van der Waals surface area contributed by atoms with E-state index in [0.717, 1.165) is 17.3 Å². The SMILES string of the molecule is COC(=O)C(N)CCCc1cc(Br)ccc1C. The summed E-state index contributed by atoms with van der Waals surface area (Å²) in [5.41, 5.74) is 8.23. The van der Waals surface area contributed by atoms with Gasteiger partial charge in [-0.25, -0.2) is 0 Å². The number of carbonyl (C=O) groups excluding carboxylic acids is 1. The Hall–Kier alpha value is -0.870. The van der Waals surface area contributed by atoms with E-state index in [-0.39, 0.29) is 5.97 Å². The second kappa shape index (κ2) is 6.77. The van der Waals surface area contributed by atoms with Gasteiger partial charge < -0.3 is 10.5 Å². The molecule has 0 fully saturated rings. The number of ether oxygens (including phenoxy) is 1. The first kappa shape index (κ1) is 14.2. The normalized spacial score (nSPS) is 12.2. The summed E-state index contributed by atoms with van der Waals surface area (Å²) in [6.45, 7) is 2.09. The standard InChI is InChI=1S/C13H18BrNO2/c1-9-6-7-11(14)8-10(9)4-3-5-12(15)13(16)17-2/h6-8,12H,3-5,15H2,1-2H3. The molecule has 2 N–H and O–H groups in total. The lowest BCUT2D eigenvalue weighted by Gasteiger charge is -2.10. The van der Waals surface area contributed by atoms with Crippen LogP contribution in [-0.4, -0.2) is 19.1 Å². The van der Waals surface area contributed by atoms with Crippen LogP contribution in [0.3, 0.4) is 0 Å². The molecule has 0 spiro atoms. The number of benzene rings is 1. The van der Waals surface area contributed by atoms with Crippen molar-refractivity contribution in [2.75, 3.05) is 7.11 Å². The number of methoxy groups -OCH3 is 1. The van der Waals surface area contributed by atoms with E-state index in [1.54, 1.807) is 0 Å². The number of carbonyl (C=O) groups is 1. The summed E-state index contributed by atoms with van der Waals surface area (Å²) in [6.07, 6.45) is 2.46. The van der Waals surface area contributed by atoms with Crippen molar-refractivity contribution in [3.63, 3.8) is 0 Å². The minimum Gasteiger partial charge on any atom is -0.468 e. The van der Waals surface area contributed by atoms with Crippen LogP contribution in [0.15, 0.2) is 22.7 Å². The fourth-order valence-corrected chi connectivity index (χ4v) is 2.10. The Morgan fingerprint density at radius 3 is 2.88 bits per heavy atom. The van der Waals surface area contributed by atoms with Gasteiger partial charge in [0.1, 0.15) is 6.04 Å². The average Bonchev–Trinajstić information content (AvgIpc) is 2.32. The predicted octanol–water partition coefficient (Wildman–Crippen LogP) is 2.58. The Bertz CT molecular complexity index is 393. The topological polar surface area (TPSA) is 52.3 Å². The molecule has 0 radical (unpaired) electrons. The number of hydrogen-bond acceptors (Lipinski definition) is 3. The zero-order valence-electron chi connectivity index (χ0n) is 10.2. The minimum absolute atomic E-state index is 0.337. The van der Waals surface area contributed by atoms with Crippen LogP contribution in [0, 0.1) is 6.92 Å². The van der Waals surface area contributed by atoms with Crippen molar-refractivity contribution in [3.8, 4) is 0 Å². The second-order valence-electron chi connectivity index (χ2n) is 4.09. The maximum absolute atomic E-state index is 11.1. The highest BCUT2D eigenvalue weighted by atomic mass is 79.9. The van der Waals surface area contributed by atoms with Crippen LogP contribution >= 0.6 is 15.9 Å². The van der Waals surface area contributed by atoms with Gasteiger partial charge in [-0.2, -0.15) is 0 Å². The third-order valence-electron chi connectivity index (χ3n) is 2.78. The zero-order valence-corrected chi connectivity index (χ0v) is 11.8. The van der Waals surface area contributed by atoms with Crippen molar-refractivity contribution >= 4 is 21.9 Å². The Balaban J connectivity index is 2.45. The number of aryl methyl sites for hydroxylation is 2. The molecule has 94 valence electrons. The minimum atomic E-state index is -0.507. The van der Waals surface area contributed by atoms with Gasteiger partial charge in [-0.15, -0.1) is 0 Å². The summed E-state index contributed by atoms with van der Waals surface area (Å²) in [5, 5.41) is 0. The van der Waals surface area contributed by atoms with E-state index >= 15 is 0 Å². The van der Waals surface area contributed by atoms with Gasteiger partial charge in [0.15, 0.2) is 0 Å². The first-order valence-corrected chi connectivity index (χ1v) is 6.42. The largest absolute Gasteiger partial charge is 0.468 e. The van der Waals surface area contributed by atoms with Crippen molar-refractivity contribution in [1.82, 2.24) is 0 Å². The number of halogens is 1. The Labute approximate surface area is 110 Å². The lowest BCUT2D eigenvalue weighted by atomic mass is 10.0. The summed E-state index contributed by atoms with van der Waals surface area (Å²) in [7, 11) is 1.36. The molecule has 0 amide bonds. The lowest BCUT2D eigenvalue weighted by molar-refractivity contribution is -0.142. The van der Waals surface area contributed by atoms with Crippen LogP contribution < -0.4 is 5.73 Å². The maximum Gasteiger partial charge on any atom is 0.322 e. The van der Waals surface area contributed by atoms with Crippen LogP contribution in [0.4, 0.5) is 0 Å². The summed E-state index contributed by atoms with van der Waals surface area (Å²) in [4.78, 5) is 11.1. The highest BCUT2D eigenvalue weighted by molar-refractivity contribution is 9.10. The molecule has 0 saturated carbocycles. The molecule has 3 nitrogen and oxygen atoms in total. The summed E-state index contributed by atoms with van der Waals surface area (Å²) in [5.74, 6) is -0.337. The molecule has 1 atom stereocenters. The van der Waals surface area contributed by atoms with E-state index in [2.05, 4.69) is 39.7 Å². The fourth-order valence-electron chi connectivity index (χ4n) is 1.69.